The first kappa shape index (κ1) is 17.7. The highest BCUT2D eigenvalue weighted by Crippen LogP contribution is 2.20. The zero-order valence-electron chi connectivity index (χ0n) is 13.0. The van der Waals surface area contributed by atoms with Gasteiger partial charge in [0.2, 0.25) is 5.91 Å². The number of ether oxygens (including phenoxy) is 1. The number of thioether (sulfide) groups is 1. The molecule has 0 radical (unpaired) electrons. The number of rotatable bonds is 8. The van der Waals surface area contributed by atoms with Crippen LogP contribution in [0.1, 0.15) is 11.1 Å². The van der Waals surface area contributed by atoms with Crippen molar-refractivity contribution >= 4 is 29.3 Å². The Morgan fingerprint density at radius 3 is 2.61 bits per heavy atom. The molecule has 23 heavy (non-hydrogen) atoms. The Kier molecular flexibility index (Phi) is 7.30. The molecule has 0 bridgehead atoms. The van der Waals surface area contributed by atoms with E-state index in [1.807, 2.05) is 48.5 Å². The summed E-state index contributed by atoms with van der Waals surface area (Å²) in [6.07, 6.45) is 0.388. The highest BCUT2D eigenvalue weighted by molar-refractivity contribution is 7.98. The van der Waals surface area contributed by atoms with Crippen LogP contribution in [0.5, 0.6) is 5.75 Å². The van der Waals surface area contributed by atoms with Crippen LogP contribution in [0.25, 0.3) is 0 Å². The first-order valence-corrected chi connectivity index (χ1v) is 8.93. The van der Waals surface area contributed by atoms with Crippen molar-refractivity contribution in [3.63, 3.8) is 0 Å². The highest BCUT2D eigenvalue weighted by Gasteiger charge is 2.04. The first-order chi connectivity index (χ1) is 11.2. The fraction of sp³-hybridized carbons (Fsp3) is 0.278. The van der Waals surface area contributed by atoms with Gasteiger partial charge in [-0.15, -0.1) is 0 Å². The molecule has 0 aromatic heterocycles. The van der Waals surface area contributed by atoms with Gasteiger partial charge in [0.05, 0.1) is 13.5 Å². The lowest BCUT2D eigenvalue weighted by molar-refractivity contribution is -0.120. The first-order valence-electron chi connectivity index (χ1n) is 7.40. The lowest BCUT2D eigenvalue weighted by atomic mass is 10.1. The summed E-state index contributed by atoms with van der Waals surface area (Å²) in [5.41, 5.74) is 2.11. The van der Waals surface area contributed by atoms with Crippen molar-refractivity contribution in [2.75, 3.05) is 19.4 Å². The molecular weight excluding hydrogens is 330 g/mol. The smallest absolute Gasteiger partial charge is 0.224 e. The molecule has 1 N–H and O–H groups in total. The average molecular weight is 350 g/mol. The van der Waals surface area contributed by atoms with E-state index in [4.69, 9.17) is 16.3 Å². The van der Waals surface area contributed by atoms with Crippen LogP contribution < -0.4 is 10.1 Å². The summed E-state index contributed by atoms with van der Waals surface area (Å²) < 4.78 is 5.10. The summed E-state index contributed by atoms with van der Waals surface area (Å²) in [5.74, 6) is 2.55. The van der Waals surface area contributed by atoms with Crippen molar-refractivity contribution in [3.05, 3.63) is 64.7 Å². The standard InChI is InChI=1S/C18H20ClNO2S/c1-22-16-8-6-14(7-9-16)12-18(21)20-10-11-23-13-15-4-2-3-5-17(15)19/h2-9H,10-13H2,1H3,(H,20,21). The van der Waals surface area contributed by atoms with E-state index in [2.05, 4.69) is 5.32 Å². The Morgan fingerprint density at radius 2 is 1.91 bits per heavy atom. The van der Waals surface area contributed by atoms with Gasteiger partial charge in [-0.25, -0.2) is 0 Å². The second-order valence-electron chi connectivity index (χ2n) is 5.02. The molecular formula is C18H20ClNO2S. The van der Waals surface area contributed by atoms with E-state index < -0.39 is 0 Å². The van der Waals surface area contributed by atoms with Crippen LogP contribution in [0, 0.1) is 0 Å². The molecule has 0 aliphatic carbocycles. The fourth-order valence-corrected chi connectivity index (χ4v) is 3.20. The predicted molar refractivity (Wildman–Crippen MR) is 97.3 cm³/mol. The summed E-state index contributed by atoms with van der Waals surface area (Å²) in [4.78, 5) is 11.9. The van der Waals surface area contributed by atoms with E-state index in [-0.39, 0.29) is 5.91 Å². The van der Waals surface area contributed by atoms with Crippen molar-refractivity contribution < 1.29 is 9.53 Å². The SMILES string of the molecule is COc1ccc(CC(=O)NCCSCc2ccccc2Cl)cc1. The Bertz CT molecular complexity index is 631. The minimum Gasteiger partial charge on any atom is -0.497 e. The largest absolute Gasteiger partial charge is 0.497 e. The maximum atomic E-state index is 11.9. The maximum absolute atomic E-state index is 11.9. The topological polar surface area (TPSA) is 38.3 Å². The minimum absolute atomic E-state index is 0.0357. The zero-order valence-corrected chi connectivity index (χ0v) is 14.6. The minimum atomic E-state index is 0.0357. The van der Waals surface area contributed by atoms with Crippen LogP contribution in [0.4, 0.5) is 0 Å². The second kappa shape index (κ2) is 9.48. The predicted octanol–water partition coefficient (Wildman–Crippen LogP) is 3.94. The molecule has 0 saturated carbocycles. The molecule has 1 amide bonds. The third kappa shape index (κ3) is 6.16. The number of hydrogen-bond donors (Lipinski definition) is 1. The lowest BCUT2D eigenvalue weighted by Crippen LogP contribution is -2.27. The number of carbonyl (C=O) groups is 1. The summed E-state index contributed by atoms with van der Waals surface area (Å²) in [6.45, 7) is 0.657. The molecule has 5 heteroatoms. The lowest BCUT2D eigenvalue weighted by Gasteiger charge is -2.07. The van der Waals surface area contributed by atoms with Crippen molar-refractivity contribution in [2.24, 2.45) is 0 Å². The van der Waals surface area contributed by atoms with Gasteiger partial charge < -0.3 is 10.1 Å². The molecule has 0 atom stereocenters. The summed E-state index contributed by atoms with van der Waals surface area (Å²) in [6, 6.07) is 15.4. The maximum Gasteiger partial charge on any atom is 0.224 e. The van der Waals surface area contributed by atoms with Gasteiger partial charge in [-0.1, -0.05) is 41.9 Å². The summed E-state index contributed by atoms with van der Waals surface area (Å²) in [7, 11) is 1.63. The molecule has 0 saturated heterocycles. The third-order valence-corrected chi connectivity index (χ3v) is 4.68. The van der Waals surface area contributed by atoms with Gasteiger partial charge in [-0.2, -0.15) is 11.8 Å². The molecule has 3 nitrogen and oxygen atoms in total. The number of nitrogens with one attached hydrogen (secondary N) is 1. The molecule has 0 spiro atoms. The van der Waals surface area contributed by atoms with E-state index >= 15 is 0 Å². The van der Waals surface area contributed by atoms with Crippen LogP contribution in [-0.4, -0.2) is 25.3 Å². The van der Waals surface area contributed by atoms with Crippen LogP contribution in [0.3, 0.4) is 0 Å². The van der Waals surface area contributed by atoms with Gasteiger partial charge in [-0.05, 0) is 29.3 Å². The number of methoxy groups -OCH3 is 1. The van der Waals surface area contributed by atoms with Crippen molar-refractivity contribution in [2.45, 2.75) is 12.2 Å². The van der Waals surface area contributed by atoms with Gasteiger partial charge in [0, 0.05) is 23.1 Å². The third-order valence-electron chi connectivity index (χ3n) is 3.31. The molecule has 0 fully saturated rings. The number of hydrogen-bond acceptors (Lipinski definition) is 3. The van der Waals surface area contributed by atoms with E-state index in [1.165, 1.54) is 0 Å². The zero-order chi connectivity index (χ0) is 16.5. The van der Waals surface area contributed by atoms with Crippen molar-refractivity contribution in [1.82, 2.24) is 5.32 Å². The average Bonchev–Trinajstić information content (AvgIpc) is 2.57. The van der Waals surface area contributed by atoms with E-state index in [0.717, 1.165) is 33.4 Å². The fourth-order valence-electron chi connectivity index (χ4n) is 2.05. The quantitative estimate of drug-likeness (QED) is 0.733. The van der Waals surface area contributed by atoms with E-state index in [9.17, 15) is 4.79 Å². The number of benzene rings is 2. The van der Waals surface area contributed by atoms with Gasteiger partial charge in [-0.3, -0.25) is 4.79 Å². The molecule has 0 aliphatic heterocycles. The van der Waals surface area contributed by atoms with Gasteiger partial charge in [0.15, 0.2) is 0 Å². The number of halogens is 1. The molecule has 2 rings (SSSR count). The Morgan fingerprint density at radius 1 is 1.17 bits per heavy atom. The summed E-state index contributed by atoms with van der Waals surface area (Å²) >= 11 is 7.87. The molecule has 0 aliphatic rings. The Labute approximate surface area is 146 Å². The van der Waals surface area contributed by atoms with Gasteiger partial charge in [0.1, 0.15) is 5.75 Å². The number of amides is 1. The van der Waals surface area contributed by atoms with Gasteiger partial charge in [0.25, 0.3) is 0 Å². The highest BCUT2D eigenvalue weighted by atomic mass is 35.5. The Balaban J connectivity index is 1.64. The van der Waals surface area contributed by atoms with Crippen LogP contribution >= 0.6 is 23.4 Å². The molecule has 0 heterocycles. The Hall–Kier alpha value is -1.65. The monoisotopic (exact) mass is 349 g/mol. The molecule has 0 unspecified atom stereocenters. The van der Waals surface area contributed by atoms with E-state index in [1.54, 1.807) is 18.9 Å². The summed E-state index contributed by atoms with van der Waals surface area (Å²) in [5, 5.41) is 3.73. The van der Waals surface area contributed by atoms with E-state index in [0.29, 0.717) is 13.0 Å². The second-order valence-corrected chi connectivity index (χ2v) is 6.53. The van der Waals surface area contributed by atoms with Crippen molar-refractivity contribution in [1.29, 1.82) is 0 Å². The van der Waals surface area contributed by atoms with Crippen LogP contribution in [-0.2, 0) is 17.0 Å². The molecule has 2 aromatic rings. The number of carbonyl (C=O) groups excluding carboxylic acids is 1. The van der Waals surface area contributed by atoms with Crippen LogP contribution in [0.15, 0.2) is 48.5 Å². The normalized spacial score (nSPS) is 10.3. The van der Waals surface area contributed by atoms with Crippen LogP contribution in [0.2, 0.25) is 5.02 Å². The molecule has 2 aromatic carbocycles. The van der Waals surface area contributed by atoms with Gasteiger partial charge >= 0.3 is 0 Å². The van der Waals surface area contributed by atoms with Crippen molar-refractivity contribution in [3.8, 4) is 5.75 Å². The molecule has 122 valence electrons.